The highest BCUT2D eigenvalue weighted by Gasteiger charge is 2.28. The molecule has 0 radical (unpaired) electrons. The van der Waals surface area contributed by atoms with Crippen molar-refractivity contribution in [2.24, 2.45) is 0 Å². The van der Waals surface area contributed by atoms with Crippen molar-refractivity contribution >= 4 is 17.7 Å². The van der Waals surface area contributed by atoms with Gasteiger partial charge in [-0.05, 0) is 25.9 Å². The minimum atomic E-state index is -0.593. The lowest BCUT2D eigenvalue weighted by atomic mass is 9.95. The summed E-state index contributed by atoms with van der Waals surface area (Å²) < 4.78 is 4.52. The fourth-order valence-corrected chi connectivity index (χ4v) is 2.47. The van der Waals surface area contributed by atoms with Crippen LogP contribution in [-0.4, -0.2) is 48.4 Å². The normalized spacial score (nSPS) is 20.4. The highest BCUT2D eigenvalue weighted by atomic mass is 32.2. The molecule has 0 atom stereocenters. The molecule has 0 aliphatic carbocycles. The van der Waals surface area contributed by atoms with Crippen LogP contribution in [0.4, 0.5) is 0 Å². The molecule has 1 fully saturated rings. The highest BCUT2D eigenvalue weighted by molar-refractivity contribution is 8.00. The summed E-state index contributed by atoms with van der Waals surface area (Å²) in [6, 6.07) is 0. The molecule has 1 aliphatic heterocycles. The molecule has 0 aromatic rings. The van der Waals surface area contributed by atoms with Crippen LogP contribution in [0.1, 0.15) is 12.8 Å². The maximum Gasteiger partial charge on any atom is 0.315 e. The summed E-state index contributed by atoms with van der Waals surface area (Å²) in [6.07, 6.45) is 1.53. The number of thioether (sulfide) groups is 1. The second-order valence-corrected chi connectivity index (χ2v) is 4.53. The van der Waals surface area contributed by atoms with Gasteiger partial charge in [-0.25, -0.2) is 0 Å². The molecule has 14 heavy (non-hydrogen) atoms. The van der Waals surface area contributed by atoms with Gasteiger partial charge >= 0.3 is 5.97 Å². The molecule has 1 rings (SSSR count). The molecule has 2 N–H and O–H groups in total. The Kier molecular flexibility index (Phi) is 4.71. The van der Waals surface area contributed by atoms with E-state index in [1.54, 1.807) is 0 Å². The Bertz CT molecular complexity index is 192. The number of nitrogens with one attached hydrogen (secondary N) is 1. The molecule has 0 aromatic carbocycles. The third-order valence-electron chi connectivity index (χ3n) is 2.35. The SMILES string of the molecule is COC(=O)CSCC1(O)CCNCC1. The van der Waals surface area contributed by atoms with Crippen LogP contribution in [-0.2, 0) is 9.53 Å². The van der Waals surface area contributed by atoms with E-state index in [2.05, 4.69) is 10.1 Å². The van der Waals surface area contributed by atoms with Gasteiger partial charge < -0.3 is 15.2 Å². The number of aliphatic hydroxyl groups is 1. The monoisotopic (exact) mass is 219 g/mol. The van der Waals surface area contributed by atoms with Gasteiger partial charge in [0.2, 0.25) is 0 Å². The molecule has 0 aromatic heterocycles. The Labute approximate surface area is 88.4 Å². The van der Waals surface area contributed by atoms with Gasteiger partial charge in [0.1, 0.15) is 0 Å². The molecule has 0 bridgehead atoms. The molecule has 1 aliphatic rings. The number of methoxy groups -OCH3 is 1. The van der Waals surface area contributed by atoms with Crippen molar-refractivity contribution in [1.29, 1.82) is 0 Å². The molecule has 0 amide bonds. The van der Waals surface area contributed by atoms with Crippen LogP contribution in [0.15, 0.2) is 0 Å². The van der Waals surface area contributed by atoms with Gasteiger partial charge in [-0.1, -0.05) is 0 Å². The van der Waals surface area contributed by atoms with Gasteiger partial charge in [0.15, 0.2) is 0 Å². The lowest BCUT2D eigenvalue weighted by Gasteiger charge is -2.32. The van der Waals surface area contributed by atoms with Crippen LogP contribution in [0.2, 0.25) is 0 Å². The van der Waals surface area contributed by atoms with Crippen molar-refractivity contribution in [2.75, 3.05) is 31.7 Å². The van der Waals surface area contributed by atoms with E-state index in [0.717, 1.165) is 25.9 Å². The lowest BCUT2D eigenvalue weighted by molar-refractivity contribution is -0.137. The fourth-order valence-electron chi connectivity index (χ4n) is 1.42. The van der Waals surface area contributed by atoms with Gasteiger partial charge in [-0.2, -0.15) is 0 Å². The number of hydrogen-bond acceptors (Lipinski definition) is 5. The van der Waals surface area contributed by atoms with E-state index in [4.69, 9.17) is 0 Å². The third-order valence-corrected chi connectivity index (χ3v) is 3.53. The first-order chi connectivity index (χ1) is 6.66. The van der Waals surface area contributed by atoms with Crippen molar-refractivity contribution in [3.05, 3.63) is 0 Å². The molecule has 0 spiro atoms. The average molecular weight is 219 g/mol. The smallest absolute Gasteiger partial charge is 0.315 e. The van der Waals surface area contributed by atoms with Crippen molar-refractivity contribution < 1.29 is 14.6 Å². The molecular weight excluding hydrogens is 202 g/mol. The van der Waals surface area contributed by atoms with E-state index >= 15 is 0 Å². The number of ether oxygens (including phenoxy) is 1. The minimum Gasteiger partial charge on any atom is -0.468 e. The Morgan fingerprint density at radius 2 is 2.21 bits per heavy atom. The van der Waals surface area contributed by atoms with E-state index < -0.39 is 5.60 Å². The van der Waals surface area contributed by atoms with Crippen LogP contribution in [0.3, 0.4) is 0 Å². The van der Waals surface area contributed by atoms with Crippen molar-refractivity contribution in [1.82, 2.24) is 5.32 Å². The van der Waals surface area contributed by atoms with Crippen molar-refractivity contribution in [2.45, 2.75) is 18.4 Å². The molecule has 82 valence electrons. The maximum atomic E-state index is 10.8. The van der Waals surface area contributed by atoms with Crippen LogP contribution in [0.5, 0.6) is 0 Å². The maximum absolute atomic E-state index is 10.8. The summed E-state index contributed by atoms with van der Waals surface area (Å²) in [7, 11) is 1.38. The topological polar surface area (TPSA) is 58.6 Å². The summed E-state index contributed by atoms with van der Waals surface area (Å²) in [6.45, 7) is 1.71. The van der Waals surface area contributed by atoms with E-state index in [-0.39, 0.29) is 5.97 Å². The predicted octanol–water partition coefficient (Wildman–Crippen LogP) is 0.00710. The van der Waals surface area contributed by atoms with Gasteiger partial charge in [0, 0.05) is 5.75 Å². The van der Waals surface area contributed by atoms with Crippen LogP contribution >= 0.6 is 11.8 Å². The Morgan fingerprint density at radius 3 is 2.79 bits per heavy atom. The molecule has 0 saturated carbocycles. The van der Waals surface area contributed by atoms with E-state index in [0.29, 0.717) is 11.5 Å². The van der Waals surface area contributed by atoms with Crippen LogP contribution in [0.25, 0.3) is 0 Å². The zero-order chi connectivity index (χ0) is 10.4. The second kappa shape index (κ2) is 5.58. The number of hydrogen-bond donors (Lipinski definition) is 2. The number of carbonyl (C=O) groups is 1. The van der Waals surface area contributed by atoms with Gasteiger partial charge in [0.25, 0.3) is 0 Å². The zero-order valence-electron chi connectivity index (χ0n) is 8.41. The first-order valence-corrected chi connectivity index (χ1v) is 5.89. The largest absolute Gasteiger partial charge is 0.468 e. The Balaban J connectivity index is 2.18. The van der Waals surface area contributed by atoms with Gasteiger partial charge in [0.05, 0.1) is 18.5 Å². The average Bonchev–Trinajstić information content (AvgIpc) is 2.18. The fraction of sp³-hybridized carbons (Fsp3) is 0.889. The second-order valence-electron chi connectivity index (χ2n) is 3.54. The summed E-state index contributed by atoms with van der Waals surface area (Å²) in [5.74, 6) is 0.711. The third kappa shape index (κ3) is 3.86. The van der Waals surface area contributed by atoms with E-state index in [1.807, 2.05) is 0 Å². The number of rotatable bonds is 4. The quantitative estimate of drug-likeness (QED) is 0.652. The first kappa shape index (κ1) is 11.8. The molecular formula is C9H17NO3S. The first-order valence-electron chi connectivity index (χ1n) is 4.74. The molecule has 5 heteroatoms. The summed E-state index contributed by atoms with van der Waals surface area (Å²) >= 11 is 1.44. The molecule has 1 saturated heterocycles. The van der Waals surface area contributed by atoms with Crippen molar-refractivity contribution in [3.63, 3.8) is 0 Å². The zero-order valence-corrected chi connectivity index (χ0v) is 9.23. The summed E-state index contributed by atoms with van der Waals surface area (Å²) in [5.41, 5.74) is -0.593. The molecule has 1 heterocycles. The van der Waals surface area contributed by atoms with Crippen LogP contribution < -0.4 is 5.32 Å². The molecule has 4 nitrogen and oxygen atoms in total. The Morgan fingerprint density at radius 1 is 1.57 bits per heavy atom. The summed E-state index contributed by atoms with van der Waals surface area (Å²) in [5, 5.41) is 13.2. The van der Waals surface area contributed by atoms with E-state index in [9.17, 15) is 9.90 Å². The van der Waals surface area contributed by atoms with E-state index in [1.165, 1.54) is 18.9 Å². The van der Waals surface area contributed by atoms with Gasteiger partial charge in [-0.3, -0.25) is 4.79 Å². The highest BCUT2D eigenvalue weighted by Crippen LogP contribution is 2.22. The minimum absolute atomic E-state index is 0.229. The predicted molar refractivity (Wildman–Crippen MR) is 56.4 cm³/mol. The number of carbonyl (C=O) groups excluding carboxylic acids is 1. The van der Waals surface area contributed by atoms with Crippen molar-refractivity contribution in [3.8, 4) is 0 Å². The van der Waals surface area contributed by atoms with Gasteiger partial charge in [-0.15, -0.1) is 11.8 Å². The number of piperidine rings is 1. The molecule has 0 unspecified atom stereocenters. The lowest BCUT2D eigenvalue weighted by Crippen LogP contribution is -2.43. The number of esters is 1. The standard InChI is InChI=1S/C9H17NO3S/c1-13-8(11)6-14-7-9(12)2-4-10-5-3-9/h10,12H,2-7H2,1H3. The van der Waals surface area contributed by atoms with Crippen LogP contribution in [0, 0.1) is 0 Å². The summed E-state index contributed by atoms with van der Waals surface area (Å²) in [4.78, 5) is 10.8. The Hall–Kier alpha value is -0.260.